The normalized spacial score (nSPS) is 14.8. The van der Waals surface area contributed by atoms with Gasteiger partial charge in [-0.05, 0) is 209 Å². The molecular weight excluding hydrogens is 1320 g/mol. The summed E-state index contributed by atoms with van der Waals surface area (Å²) in [5.74, 6) is 0. The molecule has 0 bridgehead atoms. The quantitative estimate of drug-likeness (QED) is 0.114. The Bertz CT molecular complexity index is 5890. The van der Waals surface area contributed by atoms with Gasteiger partial charge in [-0.15, -0.1) is 0 Å². The first-order valence-corrected chi connectivity index (χ1v) is 36.3. The molecule has 20 rings (SSSR count). The molecule has 0 aliphatic carbocycles. The minimum Gasteiger partial charge on any atom is -0.423 e. The zero-order chi connectivity index (χ0) is 71.1. The van der Waals surface area contributed by atoms with Crippen LogP contribution >= 0.6 is 11.6 Å². The first-order chi connectivity index (χ1) is 52.3. The molecular formula is C99H74BClN4O2. The van der Waals surface area contributed by atoms with E-state index >= 15 is 0 Å². The number of para-hydroxylation sites is 4. The SMILES string of the molecule is C.Clc1ccc2c(c1)C1(c3ccccc3N2)c2ccccc2N(c2ccc(-c3ccccc3)cc2)c2ccc(-c3ccccc3)cc21.OB(O)c1ccccc1.c1ccc(-c2ccc(N3c4ccccc4C4(c5ccccc5Nc5ccc(-c6ccccc6)cc54)c4cc(-c5ccccc5)ccc43)cc2)cc1. The van der Waals surface area contributed by atoms with E-state index in [1.54, 1.807) is 24.3 Å². The lowest BCUT2D eigenvalue weighted by Gasteiger charge is -2.49. The molecule has 2 unspecified atom stereocenters. The Morgan fingerprint density at radius 2 is 0.505 bits per heavy atom. The van der Waals surface area contributed by atoms with Crippen molar-refractivity contribution in [3.05, 3.63) is 450 Å². The highest BCUT2D eigenvalue weighted by Crippen LogP contribution is 2.65. The maximum atomic E-state index is 8.58. The average Bonchev–Trinajstić information content (AvgIpc) is 0.686. The fraction of sp³-hybridized carbons (Fsp3) is 0.0303. The van der Waals surface area contributed by atoms with Gasteiger partial charge in [0, 0.05) is 39.1 Å². The Hall–Kier alpha value is -13.0. The number of rotatable bonds is 8. The van der Waals surface area contributed by atoms with Crippen molar-refractivity contribution in [1.82, 2.24) is 0 Å². The average molecular weight is 1400 g/mol. The van der Waals surface area contributed by atoms with E-state index in [0.717, 1.165) is 56.1 Å². The molecule has 0 amide bonds. The van der Waals surface area contributed by atoms with Crippen molar-refractivity contribution in [3.8, 4) is 55.6 Å². The molecule has 16 aromatic carbocycles. The second-order valence-corrected chi connectivity index (χ2v) is 27.6. The van der Waals surface area contributed by atoms with Crippen molar-refractivity contribution in [2.75, 3.05) is 20.4 Å². The molecule has 4 N–H and O–H groups in total. The van der Waals surface area contributed by atoms with Crippen LogP contribution in [0.15, 0.2) is 400 Å². The number of fused-ring (bicyclic) bond motifs is 16. The van der Waals surface area contributed by atoms with E-state index in [4.69, 9.17) is 21.6 Å². The first-order valence-electron chi connectivity index (χ1n) is 36.0. The summed E-state index contributed by atoms with van der Waals surface area (Å²) in [6.07, 6.45) is 0. The van der Waals surface area contributed by atoms with Gasteiger partial charge >= 0.3 is 7.12 Å². The lowest BCUT2D eigenvalue weighted by atomic mass is 9.60. The molecule has 16 aromatic rings. The molecule has 2 atom stereocenters. The van der Waals surface area contributed by atoms with E-state index in [-0.39, 0.29) is 7.43 Å². The van der Waals surface area contributed by atoms with E-state index in [1.807, 2.05) is 12.1 Å². The van der Waals surface area contributed by atoms with E-state index in [1.165, 1.54) is 106 Å². The van der Waals surface area contributed by atoms with Crippen LogP contribution in [0.3, 0.4) is 0 Å². The standard InChI is InChI=1S/C49H34N2.C43H29ClN2.C6H7BO2.CH4/c1-4-14-34(15-5-1)37-24-28-40(29-25-37)51-47-23-13-11-21-42(47)49(44-33-39(27-31-48(44)51)36-18-8-3-9-19-36)41-20-10-12-22-45(41)50-46-30-26-38(32-43(46)49)35-16-6-2-7-17-35;44-33-22-25-40-37(28-33)43(35-15-7-9-17-39(35)45-40)36-16-8-10-18-41(36)46(34-23-19-31(20-24-34)29-11-3-1-4-12-29)42-26-21-32(27-38(42)43)30-13-5-2-6-14-30;8-7(9)6-4-2-1-3-5-6;/h1-33,50H;1-28,45H;1-5,8-9H;1H4. The zero-order valence-corrected chi connectivity index (χ0v) is 58.6. The number of hydrogen-bond acceptors (Lipinski definition) is 6. The molecule has 4 aliphatic heterocycles. The van der Waals surface area contributed by atoms with Crippen LogP contribution in [0.1, 0.15) is 51.9 Å². The Balaban J connectivity index is 0.000000140. The van der Waals surface area contributed by atoms with Crippen LogP contribution in [0, 0.1) is 0 Å². The summed E-state index contributed by atoms with van der Waals surface area (Å²) in [5, 5.41) is 25.5. The summed E-state index contributed by atoms with van der Waals surface area (Å²) >= 11 is 6.84. The van der Waals surface area contributed by atoms with Gasteiger partial charge in [0.1, 0.15) is 0 Å². The third-order valence-electron chi connectivity index (χ3n) is 21.3. The van der Waals surface area contributed by atoms with Gasteiger partial charge in [0.05, 0.1) is 33.6 Å². The van der Waals surface area contributed by atoms with E-state index in [9.17, 15) is 0 Å². The minimum absolute atomic E-state index is 0. The van der Waals surface area contributed by atoms with E-state index in [2.05, 4.69) is 384 Å². The zero-order valence-electron chi connectivity index (χ0n) is 57.8. The summed E-state index contributed by atoms with van der Waals surface area (Å²) in [5.41, 5.74) is 32.4. The van der Waals surface area contributed by atoms with Gasteiger partial charge in [-0.1, -0.05) is 316 Å². The molecule has 0 saturated carbocycles. The van der Waals surface area contributed by atoms with Gasteiger partial charge < -0.3 is 30.5 Å². The smallest absolute Gasteiger partial charge is 0.423 e. The third kappa shape index (κ3) is 11.8. The third-order valence-corrected chi connectivity index (χ3v) is 21.5. The summed E-state index contributed by atoms with van der Waals surface area (Å²) < 4.78 is 0. The molecule has 8 heteroatoms. The molecule has 0 fully saturated rings. The molecule has 2 spiro atoms. The largest absolute Gasteiger partial charge is 0.488 e. The van der Waals surface area contributed by atoms with Gasteiger partial charge in [0.15, 0.2) is 0 Å². The van der Waals surface area contributed by atoms with Crippen molar-refractivity contribution < 1.29 is 10.0 Å². The molecule has 6 nitrogen and oxygen atoms in total. The fourth-order valence-corrected chi connectivity index (χ4v) is 16.7. The Labute approximate surface area is 631 Å². The van der Waals surface area contributed by atoms with Gasteiger partial charge in [-0.25, -0.2) is 0 Å². The highest BCUT2D eigenvalue weighted by molar-refractivity contribution is 6.58. The Kier molecular flexibility index (Phi) is 17.9. The van der Waals surface area contributed by atoms with Crippen LogP contribution in [0.4, 0.5) is 56.9 Å². The van der Waals surface area contributed by atoms with Crippen LogP contribution < -0.4 is 25.9 Å². The molecule has 0 saturated heterocycles. The number of nitrogens with zero attached hydrogens (tertiary/aromatic N) is 2. The molecule has 0 radical (unpaired) electrons. The monoisotopic (exact) mass is 1400 g/mol. The fourth-order valence-electron chi connectivity index (χ4n) is 16.5. The Morgan fingerprint density at radius 3 is 0.888 bits per heavy atom. The van der Waals surface area contributed by atoms with E-state index in [0.29, 0.717) is 5.46 Å². The van der Waals surface area contributed by atoms with Crippen LogP contribution in [-0.2, 0) is 10.8 Å². The van der Waals surface area contributed by atoms with Gasteiger partial charge in [0.2, 0.25) is 0 Å². The minimum atomic E-state index is -1.34. The topological polar surface area (TPSA) is 71.0 Å². The predicted molar refractivity (Wildman–Crippen MR) is 448 cm³/mol. The second-order valence-electron chi connectivity index (χ2n) is 27.2. The van der Waals surface area contributed by atoms with Gasteiger partial charge in [0.25, 0.3) is 0 Å². The molecule has 512 valence electrons. The Morgan fingerprint density at radius 1 is 0.234 bits per heavy atom. The van der Waals surface area contributed by atoms with Crippen molar-refractivity contribution in [2.45, 2.75) is 18.3 Å². The number of halogens is 1. The van der Waals surface area contributed by atoms with E-state index < -0.39 is 17.9 Å². The molecule has 0 aromatic heterocycles. The van der Waals surface area contributed by atoms with Crippen molar-refractivity contribution in [2.24, 2.45) is 0 Å². The predicted octanol–water partition coefficient (Wildman–Crippen LogP) is 24.8. The second kappa shape index (κ2) is 28.6. The summed E-state index contributed by atoms with van der Waals surface area (Å²) in [4.78, 5) is 4.89. The van der Waals surface area contributed by atoms with Crippen molar-refractivity contribution in [1.29, 1.82) is 0 Å². The number of hydrogen-bond donors (Lipinski definition) is 4. The van der Waals surface area contributed by atoms with Crippen molar-refractivity contribution >= 4 is 81.1 Å². The number of benzene rings is 16. The highest BCUT2D eigenvalue weighted by Gasteiger charge is 2.52. The maximum absolute atomic E-state index is 8.58. The number of nitrogens with one attached hydrogen (secondary N) is 2. The molecule has 107 heavy (non-hydrogen) atoms. The highest BCUT2D eigenvalue weighted by atomic mass is 35.5. The maximum Gasteiger partial charge on any atom is 0.488 e. The van der Waals surface area contributed by atoms with Crippen LogP contribution in [-0.4, -0.2) is 17.2 Å². The van der Waals surface area contributed by atoms with Gasteiger partial charge in [-0.2, -0.15) is 0 Å². The lowest BCUT2D eigenvalue weighted by molar-refractivity contribution is 0.426. The lowest BCUT2D eigenvalue weighted by Crippen LogP contribution is -2.40. The van der Waals surface area contributed by atoms with Crippen LogP contribution in [0.25, 0.3) is 55.6 Å². The molecule has 4 heterocycles. The van der Waals surface area contributed by atoms with Crippen LogP contribution in [0.2, 0.25) is 5.02 Å². The van der Waals surface area contributed by atoms with Crippen LogP contribution in [0.5, 0.6) is 0 Å². The van der Waals surface area contributed by atoms with Gasteiger partial charge in [-0.3, -0.25) is 0 Å². The summed E-state index contributed by atoms with van der Waals surface area (Å²) in [7, 11) is -1.34. The number of anilines is 10. The summed E-state index contributed by atoms with van der Waals surface area (Å²) in [6.45, 7) is 0. The summed E-state index contributed by atoms with van der Waals surface area (Å²) in [6, 6.07) is 143. The van der Waals surface area contributed by atoms with Crippen molar-refractivity contribution in [3.63, 3.8) is 0 Å². The first kappa shape index (κ1) is 67.2. The molecule has 4 aliphatic rings.